The second kappa shape index (κ2) is 4.51. The van der Waals surface area contributed by atoms with Gasteiger partial charge in [-0.15, -0.1) is 0 Å². The summed E-state index contributed by atoms with van der Waals surface area (Å²) in [6.07, 6.45) is -0.106. The number of hydrogen-bond donors (Lipinski definition) is 0. The van der Waals surface area contributed by atoms with Crippen LogP contribution in [0.5, 0.6) is 0 Å². The molecule has 0 aliphatic carbocycles. The smallest absolute Gasteiger partial charge is 0.411 e. The summed E-state index contributed by atoms with van der Waals surface area (Å²) < 4.78 is 10.3. The lowest BCUT2D eigenvalue weighted by Gasteiger charge is -2.06. The van der Waals surface area contributed by atoms with E-state index in [4.69, 9.17) is 9.47 Å². The van der Waals surface area contributed by atoms with Gasteiger partial charge in [-0.1, -0.05) is 30.3 Å². The van der Waals surface area contributed by atoms with Crippen LogP contribution in [-0.2, 0) is 14.3 Å². The largest absolute Gasteiger partial charge is 0.461 e. The van der Waals surface area contributed by atoms with Crippen LogP contribution in [0.25, 0.3) is 0 Å². The number of cyclic esters (lactones) is 1. The highest BCUT2D eigenvalue weighted by Crippen LogP contribution is 2.59. The summed E-state index contributed by atoms with van der Waals surface area (Å²) in [5.41, 5.74) is 0.0686. The van der Waals surface area contributed by atoms with Crippen LogP contribution in [0.1, 0.15) is 31.9 Å². The molecule has 5 heteroatoms. The van der Waals surface area contributed by atoms with Crippen LogP contribution in [-0.4, -0.2) is 35.2 Å². The van der Waals surface area contributed by atoms with Crippen LogP contribution < -0.4 is 0 Å². The molecule has 1 aromatic carbocycles. The summed E-state index contributed by atoms with van der Waals surface area (Å²) >= 11 is 0. The monoisotopic (exact) mass is 275 g/mol. The Bertz CT molecular complexity index is 544. The van der Waals surface area contributed by atoms with Crippen molar-refractivity contribution in [3.63, 3.8) is 0 Å². The molecule has 2 heterocycles. The number of ether oxygens (including phenoxy) is 2. The molecule has 2 aliphatic rings. The van der Waals surface area contributed by atoms with Gasteiger partial charge in [0.15, 0.2) is 5.54 Å². The lowest BCUT2D eigenvalue weighted by molar-refractivity contribution is -0.143. The number of nitrogens with zero attached hydrogens (tertiary/aromatic N) is 1. The molecule has 3 atom stereocenters. The fourth-order valence-electron chi connectivity index (χ4n) is 3.12. The van der Waals surface area contributed by atoms with Crippen molar-refractivity contribution in [2.24, 2.45) is 0 Å². The number of amides is 1. The molecule has 20 heavy (non-hydrogen) atoms. The van der Waals surface area contributed by atoms with Gasteiger partial charge in [-0.2, -0.15) is 0 Å². The van der Waals surface area contributed by atoms with Crippen molar-refractivity contribution in [2.45, 2.75) is 38.0 Å². The topological polar surface area (TPSA) is 55.6 Å². The zero-order valence-electron chi connectivity index (χ0n) is 11.5. The van der Waals surface area contributed by atoms with Crippen molar-refractivity contribution in [1.29, 1.82) is 0 Å². The number of hydrogen-bond acceptors (Lipinski definition) is 4. The minimum absolute atomic E-state index is 0.173. The predicted octanol–water partition coefficient (Wildman–Crippen LogP) is 2.27. The maximum Gasteiger partial charge on any atom is 0.411 e. The maximum atomic E-state index is 12.2. The summed E-state index contributed by atoms with van der Waals surface area (Å²) in [6.45, 7) is 3.88. The van der Waals surface area contributed by atoms with E-state index in [1.807, 2.05) is 37.3 Å². The van der Waals surface area contributed by atoms with Crippen LogP contribution in [0.2, 0.25) is 0 Å². The van der Waals surface area contributed by atoms with E-state index in [2.05, 4.69) is 0 Å². The molecule has 1 aromatic rings. The second-order valence-corrected chi connectivity index (χ2v) is 5.23. The average molecular weight is 275 g/mol. The Balaban J connectivity index is 1.95. The van der Waals surface area contributed by atoms with Gasteiger partial charge in [0.25, 0.3) is 0 Å². The Labute approximate surface area is 117 Å². The van der Waals surface area contributed by atoms with Gasteiger partial charge >= 0.3 is 12.1 Å². The molecule has 5 nitrogen and oxygen atoms in total. The number of carbonyl (C=O) groups excluding carboxylic acids is 2. The molecule has 106 valence electrons. The summed E-state index contributed by atoms with van der Waals surface area (Å²) in [6, 6.07) is 9.26. The summed E-state index contributed by atoms with van der Waals surface area (Å²) in [5, 5.41) is 0. The Morgan fingerprint density at radius 1 is 1.45 bits per heavy atom. The molecular formula is C15H17NO4. The van der Waals surface area contributed by atoms with Crippen molar-refractivity contribution in [3.8, 4) is 0 Å². The first-order valence-electron chi connectivity index (χ1n) is 6.83. The minimum Gasteiger partial charge on any atom is -0.461 e. The zero-order valence-corrected chi connectivity index (χ0v) is 11.5. The number of benzene rings is 1. The van der Waals surface area contributed by atoms with Crippen LogP contribution >= 0.6 is 0 Å². The molecule has 2 fully saturated rings. The lowest BCUT2D eigenvalue weighted by atomic mass is 9.96. The third-order valence-electron chi connectivity index (χ3n) is 3.91. The summed E-state index contributed by atoms with van der Waals surface area (Å²) in [5.74, 6) is -0.327. The Morgan fingerprint density at radius 2 is 2.15 bits per heavy atom. The molecule has 0 unspecified atom stereocenters. The van der Waals surface area contributed by atoms with Gasteiger partial charge in [0.2, 0.25) is 0 Å². The molecule has 0 aromatic heterocycles. The molecule has 0 N–H and O–H groups in total. The van der Waals surface area contributed by atoms with E-state index < -0.39 is 11.6 Å². The Hall–Kier alpha value is -2.04. The predicted molar refractivity (Wildman–Crippen MR) is 70.9 cm³/mol. The van der Waals surface area contributed by atoms with Gasteiger partial charge in [-0.05, 0) is 19.4 Å². The van der Waals surface area contributed by atoms with Crippen LogP contribution in [0.15, 0.2) is 30.3 Å². The third kappa shape index (κ3) is 1.69. The molecule has 0 radical (unpaired) electrons. The standard InChI is InChI=1S/C15H17NO4/c1-3-19-14(18)16-12(11-7-5-4-6-8-11)15(16)9-10(2)20-13(15)17/h4-8,10,12H,3,9H2,1-2H3/t10-,12-,15+,16?/m0/s1. The van der Waals surface area contributed by atoms with Gasteiger partial charge in [0.05, 0.1) is 12.6 Å². The fourth-order valence-corrected chi connectivity index (χ4v) is 3.12. The molecular weight excluding hydrogens is 258 g/mol. The van der Waals surface area contributed by atoms with Crippen LogP contribution in [0.3, 0.4) is 0 Å². The van der Waals surface area contributed by atoms with E-state index in [-0.39, 0.29) is 24.7 Å². The number of esters is 1. The highest BCUT2D eigenvalue weighted by Gasteiger charge is 2.75. The first-order chi connectivity index (χ1) is 9.61. The second-order valence-electron chi connectivity index (χ2n) is 5.23. The van der Waals surface area contributed by atoms with E-state index in [0.717, 1.165) is 5.56 Å². The molecule has 1 amide bonds. The van der Waals surface area contributed by atoms with E-state index in [0.29, 0.717) is 6.42 Å². The molecule has 2 saturated heterocycles. The van der Waals surface area contributed by atoms with Crippen LogP contribution in [0, 0.1) is 0 Å². The molecule has 0 bridgehead atoms. The van der Waals surface area contributed by atoms with Gasteiger partial charge in [0, 0.05) is 6.42 Å². The van der Waals surface area contributed by atoms with Gasteiger partial charge in [0.1, 0.15) is 6.10 Å². The SMILES string of the molecule is CCOC(=O)N1[C@@H](c2ccccc2)[C@@]12C[C@H](C)OC2=O. The van der Waals surface area contributed by atoms with Gasteiger partial charge < -0.3 is 9.47 Å². The molecule has 3 rings (SSSR count). The van der Waals surface area contributed by atoms with Gasteiger partial charge in [-0.3, -0.25) is 4.90 Å². The Kier molecular flexibility index (Phi) is 2.92. The van der Waals surface area contributed by atoms with Crippen molar-refractivity contribution in [2.75, 3.05) is 6.61 Å². The molecule has 0 saturated carbocycles. The van der Waals surface area contributed by atoms with Gasteiger partial charge in [-0.25, -0.2) is 9.59 Å². The van der Waals surface area contributed by atoms with Crippen molar-refractivity contribution >= 4 is 12.1 Å². The normalized spacial score (nSPS) is 31.3. The zero-order chi connectivity index (χ0) is 14.3. The van der Waals surface area contributed by atoms with Crippen LogP contribution in [0.4, 0.5) is 4.79 Å². The third-order valence-corrected chi connectivity index (χ3v) is 3.91. The number of rotatable bonds is 2. The first-order valence-corrected chi connectivity index (χ1v) is 6.83. The quantitative estimate of drug-likeness (QED) is 0.613. The Morgan fingerprint density at radius 3 is 2.70 bits per heavy atom. The summed E-state index contributed by atoms with van der Waals surface area (Å²) in [7, 11) is 0. The van der Waals surface area contributed by atoms with E-state index in [1.54, 1.807) is 6.92 Å². The van der Waals surface area contributed by atoms with E-state index in [1.165, 1.54) is 4.90 Å². The highest BCUT2D eigenvalue weighted by atomic mass is 16.6. The maximum absolute atomic E-state index is 12.2. The lowest BCUT2D eigenvalue weighted by Crippen LogP contribution is -2.28. The minimum atomic E-state index is -0.868. The summed E-state index contributed by atoms with van der Waals surface area (Å²) in [4.78, 5) is 25.8. The van der Waals surface area contributed by atoms with Crippen molar-refractivity contribution < 1.29 is 19.1 Å². The van der Waals surface area contributed by atoms with Crippen molar-refractivity contribution in [1.82, 2.24) is 4.90 Å². The van der Waals surface area contributed by atoms with Crippen molar-refractivity contribution in [3.05, 3.63) is 35.9 Å². The average Bonchev–Trinajstić information content (AvgIpc) is 3.00. The fraction of sp³-hybridized carbons (Fsp3) is 0.467. The number of carbonyl (C=O) groups is 2. The highest BCUT2D eigenvalue weighted by molar-refractivity contribution is 5.95. The first kappa shape index (κ1) is 13.0. The molecule has 2 aliphatic heterocycles. The van der Waals surface area contributed by atoms with E-state index in [9.17, 15) is 9.59 Å². The van der Waals surface area contributed by atoms with E-state index >= 15 is 0 Å². The molecule has 1 spiro atoms.